The summed E-state index contributed by atoms with van der Waals surface area (Å²) in [6, 6.07) is 9.25. The fourth-order valence-electron chi connectivity index (χ4n) is 3.19. The zero-order valence-corrected chi connectivity index (χ0v) is 11.8. The second kappa shape index (κ2) is 5.06. The van der Waals surface area contributed by atoms with Gasteiger partial charge in [0.1, 0.15) is 0 Å². The number of nitrogens with one attached hydrogen (secondary N) is 1. The predicted octanol–water partition coefficient (Wildman–Crippen LogP) is 3.13. The maximum atomic E-state index is 4.16. The molecule has 1 N–H and O–H groups in total. The van der Waals surface area contributed by atoms with E-state index in [1.807, 2.05) is 12.4 Å². The van der Waals surface area contributed by atoms with Crippen LogP contribution in [-0.4, -0.2) is 35.6 Å². The summed E-state index contributed by atoms with van der Waals surface area (Å²) in [5.74, 6) is 1.00. The number of aromatic nitrogens is 1. The zero-order valence-electron chi connectivity index (χ0n) is 11.8. The molecule has 0 bridgehead atoms. The Morgan fingerprint density at radius 2 is 2.10 bits per heavy atom. The van der Waals surface area contributed by atoms with Crippen molar-refractivity contribution in [3.8, 4) is 0 Å². The number of likely N-dealkylation sites (tertiary alicyclic amines) is 1. The first kappa shape index (κ1) is 12.2. The first-order chi connectivity index (χ1) is 9.87. The van der Waals surface area contributed by atoms with Gasteiger partial charge in [-0.3, -0.25) is 4.98 Å². The van der Waals surface area contributed by atoms with Crippen LogP contribution in [0.25, 0.3) is 10.8 Å². The van der Waals surface area contributed by atoms with Gasteiger partial charge in [-0.2, -0.15) is 0 Å². The molecular weight excluding hydrogens is 246 g/mol. The van der Waals surface area contributed by atoms with Crippen LogP contribution in [0.3, 0.4) is 0 Å². The second-order valence-corrected chi connectivity index (χ2v) is 6.27. The average molecular weight is 267 g/mol. The van der Waals surface area contributed by atoms with Crippen LogP contribution in [0.15, 0.2) is 36.7 Å². The lowest BCUT2D eigenvalue weighted by molar-refractivity contribution is 0.322. The summed E-state index contributed by atoms with van der Waals surface area (Å²) in [4.78, 5) is 6.79. The van der Waals surface area contributed by atoms with Gasteiger partial charge in [0.2, 0.25) is 0 Å². The molecule has 2 aromatic rings. The standard InChI is InChI=1S/C17H21N3/c1-2-13(1)11-20-8-6-17(12-20)19-16-4-3-15-10-18-7-5-14(15)9-16/h3-5,7,9-10,13,17,19H,1-2,6,8,11-12H2/t17-/m1/s1. The lowest BCUT2D eigenvalue weighted by atomic mass is 10.1. The summed E-state index contributed by atoms with van der Waals surface area (Å²) in [6.45, 7) is 3.78. The molecule has 0 amide bonds. The Morgan fingerprint density at radius 1 is 1.15 bits per heavy atom. The minimum Gasteiger partial charge on any atom is -0.381 e. The normalized spacial score (nSPS) is 23.3. The first-order valence-electron chi connectivity index (χ1n) is 7.69. The van der Waals surface area contributed by atoms with E-state index < -0.39 is 0 Å². The molecule has 2 fully saturated rings. The third-order valence-corrected chi connectivity index (χ3v) is 4.50. The maximum Gasteiger partial charge on any atom is 0.0400 e. The van der Waals surface area contributed by atoms with Crippen molar-refractivity contribution in [3.63, 3.8) is 0 Å². The molecule has 1 saturated heterocycles. The fraction of sp³-hybridized carbons (Fsp3) is 0.471. The van der Waals surface area contributed by atoms with Crippen molar-refractivity contribution in [2.45, 2.75) is 25.3 Å². The quantitative estimate of drug-likeness (QED) is 0.922. The first-order valence-corrected chi connectivity index (χ1v) is 7.69. The minimum absolute atomic E-state index is 0.605. The van der Waals surface area contributed by atoms with E-state index in [2.05, 4.69) is 39.5 Å². The summed E-state index contributed by atoms with van der Waals surface area (Å²) >= 11 is 0. The molecule has 1 saturated carbocycles. The largest absolute Gasteiger partial charge is 0.381 e. The Labute approximate surface area is 120 Å². The summed E-state index contributed by atoms with van der Waals surface area (Å²) in [7, 11) is 0. The highest BCUT2D eigenvalue weighted by Gasteiger charge is 2.28. The number of rotatable bonds is 4. The molecule has 0 spiro atoms. The number of nitrogens with zero attached hydrogens (tertiary/aromatic N) is 2. The number of anilines is 1. The van der Waals surface area contributed by atoms with Crippen molar-refractivity contribution >= 4 is 16.5 Å². The highest BCUT2D eigenvalue weighted by Crippen LogP contribution is 2.31. The molecule has 0 unspecified atom stereocenters. The van der Waals surface area contributed by atoms with Crippen LogP contribution in [0.5, 0.6) is 0 Å². The number of fused-ring (bicyclic) bond motifs is 1. The van der Waals surface area contributed by atoms with E-state index in [4.69, 9.17) is 0 Å². The van der Waals surface area contributed by atoms with Gasteiger partial charge >= 0.3 is 0 Å². The topological polar surface area (TPSA) is 28.2 Å². The van der Waals surface area contributed by atoms with Crippen LogP contribution in [0.4, 0.5) is 5.69 Å². The number of pyridine rings is 1. The minimum atomic E-state index is 0.605. The molecular formula is C17H21N3. The van der Waals surface area contributed by atoms with E-state index in [-0.39, 0.29) is 0 Å². The van der Waals surface area contributed by atoms with Gasteiger partial charge in [-0.05, 0) is 48.8 Å². The van der Waals surface area contributed by atoms with Gasteiger partial charge in [-0.15, -0.1) is 0 Å². The van der Waals surface area contributed by atoms with Gasteiger partial charge in [0, 0.05) is 49.1 Å². The van der Waals surface area contributed by atoms with E-state index in [0.29, 0.717) is 6.04 Å². The Kier molecular flexibility index (Phi) is 3.07. The van der Waals surface area contributed by atoms with Crippen molar-refractivity contribution in [1.29, 1.82) is 0 Å². The molecule has 3 nitrogen and oxygen atoms in total. The third-order valence-electron chi connectivity index (χ3n) is 4.50. The molecule has 0 radical (unpaired) electrons. The monoisotopic (exact) mass is 267 g/mol. The van der Waals surface area contributed by atoms with Gasteiger partial charge in [-0.1, -0.05) is 6.07 Å². The highest BCUT2D eigenvalue weighted by atomic mass is 15.2. The molecule has 1 atom stereocenters. The van der Waals surface area contributed by atoms with Crippen molar-refractivity contribution < 1.29 is 0 Å². The van der Waals surface area contributed by atoms with Crippen LogP contribution in [0.1, 0.15) is 19.3 Å². The highest BCUT2D eigenvalue weighted by molar-refractivity contribution is 5.84. The van der Waals surface area contributed by atoms with E-state index >= 15 is 0 Å². The Morgan fingerprint density at radius 3 is 3.00 bits per heavy atom. The van der Waals surface area contributed by atoms with E-state index in [0.717, 1.165) is 5.92 Å². The number of benzene rings is 1. The lowest BCUT2D eigenvalue weighted by Crippen LogP contribution is -2.27. The van der Waals surface area contributed by atoms with Crippen molar-refractivity contribution in [3.05, 3.63) is 36.7 Å². The number of hydrogen-bond acceptors (Lipinski definition) is 3. The average Bonchev–Trinajstić information content (AvgIpc) is 3.18. The van der Waals surface area contributed by atoms with Crippen LogP contribution >= 0.6 is 0 Å². The van der Waals surface area contributed by atoms with Crippen LogP contribution in [0.2, 0.25) is 0 Å². The molecule has 1 aromatic heterocycles. The predicted molar refractivity (Wildman–Crippen MR) is 82.9 cm³/mol. The summed E-state index contributed by atoms with van der Waals surface area (Å²) in [6.07, 6.45) is 7.95. The van der Waals surface area contributed by atoms with E-state index in [1.54, 1.807) is 0 Å². The molecule has 1 aliphatic carbocycles. The Balaban J connectivity index is 1.42. The van der Waals surface area contributed by atoms with Crippen molar-refractivity contribution in [2.24, 2.45) is 5.92 Å². The fourth-order valence-corrected chi connectivity index (χ4v) is 3.19. The van der Waals surface area contributed by atoms with Gasteiger partial charge in [0.05, 0.1) is 0 Å². The second-order valence-electron chi connectivity index (χ2n) is 6.27. The third kappa shape index (κ3) is 2.63. The van der Waals surface area contributed by atoms with Crippen molar-refractivity contribution in [1.82, 2.24) is 9.88 Å². The summed E-state index contributed by atoms with van der Waals surface area (Å²) in [5.41, 5.74) is 1.24. The molecule has 20 heavy (non-hydrogen) atoms. The van der Waals surface area contributed by atoms with Gasteiger partial charge in [0.25, 0.3) is 0 Å². The van der Waals surface area contributed by atoms with Gasteiger partial charge in [0.15, 0.2) is 0 Å². The Bertz CT molecular complexity index is 606. The summed E-state index contributed by atoms with van der Waals surface area (Å²) in [5, 5.41) is 6.16. The maximum absolute atomic E-state index is 4.16. The number of hydrogen-bond donors (Lipinski definition) is 1. The molecule has 2 heterocycles. The lowest BCUT2D eigenvalue weighted by Gasteiger charge is -2.17. The zero-order chi connectivity index (χ0) is 13.4. The molecule has 1 aliphatic heterocycles. The smallest absolute Gasteiger partial charge is 0.0400 e. The van der Waals surface area contributed by atoms with Crippen molar-refractivity contribution in [2.75, 3.05) is 25.0 Å². The van der Waals surface area contributed by atoms with Crippen LogP contribution < -0.4 is 5.32 Å². The molecule has 1 aromatic carbocycles. The summed E-state index contributed by atoms with van der Waals surface area (Å²) < 4.78 is 0. The van der Waals surface area contributed by atoms with E-state index in [1.165, 1.54) is 55.4 Å². The SMILES string of the molecule is c1cc2cc(N[C@@H]3CCN(CC4CC4)C3)ccc2cn1. The molecule has 4 rings (SSSR count). The molecule has 104 valence electrons. The molecule has 2 aliphatic rings. The van der Waals surface area contributed by atoms with Crippen LogP contribution in [-0.2, 0) is 0 Å². The van der Waals surface area contributed by atoms with Crippen LogP contribution in [0, 0.1) is 5.92 Å². The van der Waals surface area contributed by atoms with E-state index in [9.17, 15) is 0 Å². The van der Waals surface area contributed by atoms with Gasteiger partial charge in [-0.25, -0.2) is 0 Å². The Hall–Kier alpha value is -1.61. The van der Waals surface area contributed by atoms with Gasteiger partial charge < -0.3 is 10.2 Å². The molecule has 3 heteroatoms.